The maximum atomic E-state index is 12.4. The second kappa shape index (κ2) is 5.72. The lowest BCUT2D eigenvalue weighted by molar-refractivity contribution is 0.336. The Morgan fingerprint density at radius 2 is 1.75 bits per heavy atom. The van der Waals surface area contributed by atoms with Crippen molar-refractivity contribution in [3.63, 3.8) is 0 Å². The van der Waals surface area contributed by atoms with E-state index in [0.29, 0.717) is 12.2 Å². The summed E-state index contributed by atoms with van der Waals surface area (Å²) in [6, 6.07) is 2.78. The third kappa shape index (κ3) is 3.39. The predicted molar refractivity (Wildman–Crippen MR) is 82.6 cm³/mol. The van der Waals surface area contributed by atoms with Gasteiger partial charge in [0.2, 0.25) is 10.0 Å². The van der Waals surface area contributed by atoms with Crippen LogP contribution in [0.2, 0.25) is 10.0 Å². The first-order valence-corrected chi connectivity index (χ1v) is 8.72. The van der Waals surface area contributed by atoms with Crippen LogP contribution in [0.1, 0.15) is 32.6 Å². The molecular weight excluding hydrogens is 319 g/mol. The fourth-order valence-corrected chi connectivity index (χ4v) is 5.01. The topological polar surface area (TPSA) is 72.2 Å². The Bertz CT molecular complexity index is 588. The Hall–Kier alpha value is -0.490. The molecule has 0 atom stereocenters. The van der Waals surface area contributed by atoms with Crippen LogP contribution in [0.15, 0.2) is 17.0 Å². The molecule has 1 aromatic carbocycles. The average molecular weight is 337 g/mol. The summed E-state index contributed by atoms with van der Waals surface area (Å²) in [5, 5.41) is 0.0816. The van der Waals surface area contributed by atoms with Gasteiger partial charge in [0.15, 0.2) is 0 Å². The number of hydrogen-bond donors (Lipinski definition) is 2. The summed E-state index contributed by atoms with van der Waals surface area (Å²) < 4.78 is 27.3. The van der Waals surface area contributed by atoms with Gasteiger partial charge in [0.05, 0.1) is 10.0 Å². The van der Waals surface area contributed by atoms with Gasteiger partial charge in [0.25, 0.3) is 0 Å². The molecule has 1 aliphatic rings. The zero-order chi connectivity index (χ0) is 15.0. The summed E-state index contributed by atoms with van der Waals surface area (Å²) in [5.74, 6) is 0. The Morgan fingerprint density at radius 3 is 2.25 bits per heavy atom. The first-order chi connectivity index (χ1) is 9.23. The van der Waals surface area contributed by atoms with Gasteiger partial charge in [-0.25, -0.2) is 13.1 Å². The Balaban J connectivity index is 2.23. The van der Waals surface area contributed by atoms with Crippen molar-refractivity contribution in [1.29, 1.82) is 0 Å². The predicted octanol–water partition coefficient (Wildman–Crippen LogP) is 3.43. The van der Waals surface area contributed by atoms with Crippen LogP contribution in [-0.4, -0.2) is 15.0 Å². The van der Waals surface area contributed by atoms with Crippen molar-refractivity contribution in [3.8, 4) is 0 Å². The maximum Gasteiger partial charge on any atom is 0.243 e. The van der Waals surface area contributed by atoms with E-state index in [1.165, 1.54) is 12.1 Å². The van der Waals surface area contributed by atoms with E-state index in [-0.39, 0.29) is 20.4 Å². The molecule has 20 heavy (non-hydrogen) atoms. The second-order valence-corrected chi connectivity index (χ2v) is 8.17. The molecule has 1 aliphatic carbocycles. The van der Waals surface area contributed by atoms with Crippen LogP contribution in [0.5, 0.6) is 0 Å². The highest BCUT2D eigenvalue weighted by Crippen LogP contribution is 2.38. The SMILES string of the molecule is CC1(CNS(=O)(=O)c2c(Cl)cc(N)cc2Cl)CCCC1. The Morgan fingerprint density at radius 1 is 1.25 bits per heavy atom. The van der Waals surface area contributed by atoms with Crippen LogP contribution < -0.4 is 10.5 Å². The van der Waals surface area contributed by atoms with Gasteiger partial charge < -0.3 is 5.73 Å². The molecule has 0 amide bonds. The molecule has 4 nitrogen and oxygen atoms in total. The van der Waals surface area contributed by atoms with Crippen molar-refractivity contribution in [2.24, 2.45) is 5.41 Å². The fourth-order valence-electron chi connectivity index (χ4n) is 2.58. The normalized spacial score (nSPS) is 18.4. The molecule has 1 fully saturated rings. The van der Waals surface area contributed by atoms with E-state index in [9.17, 15) is 8.42 Å². The number of nitrogens with two attached hydrogens (primary N) is 1. The van der Waals surface area contributed by atoms with Crippen LogP contribution in [0.4, 0.5) is 5.69 Å². The van der Waals surface area contributed by atoms with Crippen molar-refractivity contribution < 1.29 is 8.42 Å². The average Bonchev–Trinajstić information content (AvgIpc) is 2.73. The Kier molecular flexibility index (Phi) is 4.54. The number of sulfonamides is 1. The van der Waals surface area contributed by atoms with Crippen LogP contribution in [0.3, 0.4) is 0 Å². The van der Waals surface area contributed by atoms with E-state index in [0.717, 1.165) is 25.7 Å². The van der Waals surface area contributed by atoms with E-state index in [2.05, 4.69) is 11.6 Å². The fraction of sp³-hybridized carbons (Fsp3) is 0.538. The number of rotatable bonds is 4. The quantitative estimate of drug-likeness (QED) is 0.827. The molecular formula is C13H18Cl2N2O2S. The van der Waals surface area contributed by atoms with E-state index >= 15 is 0 Å². The lowest BCUT2D eigenvalue weighted by Crippen LogP contribution is -2.34. The van der Waals surface area contributed by atoms with E-state index in [1.54, 1.807) is 0 Å². The largest absolute Gasteiger partial charge is 0.399 e. The molecule has 3 N–H and O–H groups in total. The van der Waals surface area contributed by atoms with Crippen molar-refractivity contribution in [2.75, 3.05) is 12.3 Å². The second-order valence-electron chi connectivity index (χ2n) is 5.66. The zero-order valence-electron chi connectivity index (χ0n) is 11.2. The molecule has 1 aromatic rings. The molecule has 0 aromatic heterocycles. The summed E-state index contributed by atoms with van der Waals surface area (Å²) >= 11 is 11.9. The van der Waals surface area contributed by atoms with Crippen LogP contribution >= 0.6 is 23.2 Å². The first-order valence-electron chi connectivity index (χ1n) is 6.48. The van der Waals surface area contributed by atoms with Crippen molar-refractivity contribution in [1.82, 2.24) is 4.72 Å². The zero-order valence-corrected chi connectivity index (χ0v) is 13.6. The molecule has 0 bridgehead atoms. The van der Waals surface area contributed by atoms with Crippen molar-refractivity contribution >= 4 is 38.9 Å². The number of anilines is 1. The highest BCUT2D eigenvalue weighted by Gasteiger charge is 2.31. The monoisotopic (exact) mass is 336 g/mol. The maximum absolute atomic E-state index is 12.4. The summed E-state index contributed by atoms with van der Waals surface area (Å²) in [5.41, 5.74) is 5.93. The lowest BCUT2D eigenvalue weighted by Gasteiger charge is -2.24. The van der Waals surface area contributed by atoms with Gasteiger partial charge in [-0.05, 0) is 30.4 Å². The third-order valence-electron chi connectivity index (χ3n) is 3.79. The van der Waals surface area contributed by atoms with Crippen LogP contribution in [0, 0.1) is 5.41 Å². The van der Waals surface area contributed by atoms with Crippen molar-refractivity contribution in [2.45, 2.75) is 37.5 Å². The molecule has 0 aliphatic heterocycles. The molecule has 0 radical (unpaired) electrons. The smallest absolute Gasteiger partial charge is 0.243 e. The summed E-state index contributed by atoms with van der Waals surface area (Å²) in [4.78, 5) is -0.100. The van der Waals surface area contributed by atoms with Crippen LogP contribution in [0.25, 0.3) is 0 Å². The van der Waals surface area contributed by atoms with Gasteiger partial charge in [-0.3, -0.25) is 0 Å². The lowest BCUT2D eigenvalue weighted by atomic mass is 9.89. The van der Waals surface area contributed by atoms with E-state index in [4.69, 9.17) is 28.9 Å². The number of halogens is 2. The number of hydrogen-bond acceptors (Lipinski definition) is 3. The molecule has 7 heteroatoms. The van der Waals surface area contributed by atoms with Gasteiger partial charge in [-0.15, -0.1) is 0 Å². The number of nitrogens with one attached hydrogen (secondary N) is 1. The number of benzene rings is 1. The Labute approximate surface area is 129 Å². The highest BCUT2D eigenvalue weighted by atomic mass is 35.5. The van der Waals surface area contributed by atoms with Gasteiger partial charge in [-0.2, -0.15) is 0 Å². The molecule has 0 spiro atoms. The standard InChI is InChI=1S/C13H18Cl2N2O2S/c1-13(4-2-3-5-13)8-17-20(18,19)12-10(14)6-9(16)7-11(12)15/h6-7,17H,2-5,8,16H2,1H3. The van der Waals surface area contributed by atoms with Gasteiger partial charge in [-0.1, -0.05) is 43.0 Å². The highest BCUT2D eigenvalue weighted by molar-refractivity contribution is 7.89. The molecule has 1 saturated carbocycles. The summed E-state index contributed by atoms with van der Waals surface area (Å²) in [6.45, 7) is 2.49. The van der Waals surface area contributed by atoms with E-state index < -0.39 is 10.0 Å². The minimum absolute atomic E-state index is 0.0137. The number of nitrogen functional groups attached to an aromatic ring is 1. The molecule has 112 valence electrons. The van der Waals surface area contributed by atoms with Crippen LogP contribution in [-0.2, 0) is 10.0 Å². The van der Waals surface area contributed by atoms with Gasteiger partial charge in [0, 0.05) is 12.2 Å². The minimum atomic E-state index is -3.73. The van der Waals surface area contributed by atoms with Gasteiger partial charge >= 0.3 is 0 Å². The third-order valence-corrected chi connectivity index (χ3v) is 6.11. The summed E-state index contributed by atoms with van der Waals surface area (Å²) in [6.07, 6.45) is 4.33. The van der Waals surface area contributed by atoms with Crippen molar-refractivity contribution in [3.05, 3.63) is 22.2 Å². The molecule has 0 heterocycles. The first kappa shape index (κ1) is 15.9. The minimum Gasteiger partial charge on any atom is -0.399 e. The molecule has 0 unspecified atom stereocenters. The van der Waals surface area contributed by atoms with E-state index in [1.807, 2.05) is 0 Å². The molecule has 2 rings (SSSR count). The van der Waals surface area contributed by atoms with Gasteiger partial charge in [0.1, 0.15) is 4.90 Å². The molecule has 0 saturated heterocycles. The summed E-state index contributed by atoms with van der Waals surface area (Å²) in [7, 11) is -3.73.